The van der Waals surface area contributed by atoms with Crippen LogP contribution in [0.4, 0.5) is 0 Å². The molecule has 1 rings (SSSR count). The zero-order valence-corrected chi connectivity index (χ0v) is 10.4. The highest BCUT2D eigenvalue weighted by atomic mass is 16.6. The van der Waals surface area contributed by atoms with E-state index in [-0.39, 0.29) is 18.0 Å². The summed E-state index contributed by atoms with van der Waals surface area (Å²) in [5, 5.41) is 0. The zero-order valence-electron chi connectivity index (χ0n) is 10.4. The van der Waals surface area contributed by atoms with E-state index in [0.717, 1.165) is 0 Å². The minimum absolute atomic E-state index is 0.0532. The van der Waals surface area contributed by atoms with Crippen molar-refractivity contribution < 1.29 is 18.9 Å². The summed E-state index contributed by atoms with van der Waals surface area (Å²) in [7, 11) is 1.62. The van der Waals surface area contributed by atoms with Gasteiger partial charge in [-0.25, -0.2) is 4.98 Å². The van der Waals surface area contributed by atoms with Crippen LogP contribution >= 0.6 is 0 Å². The quantitative estimate of drug-likeness (QED) is 0.587. The molecule has 7 nitrogen and oxygen atoms in total. The van der Waals surface area contributed by atoms with Crippen molar-refractivity contribution >= 4 is 0 Å². The van der Waals surface area contributed by atoms with E-state index in [2.05, 4.69) is 9.97 Å². The molecule has 0 aliphatic rings. The Morgan fingerprint density at radius 3 is 2.44 bits per heavy atom. The summed E-state index contributed by atoms with van der Waals surface area (Å²) in [5.74, 6) is 0.0532. The molecule has 0 unspecified atom stereocenters. The lowest BCUT2D eigenvalue weighted by molar-refractivity contribution is 0.0175. The van der Waals surface area contributed by atoms with Gasteiger partial charge >= 0.3 is 5.56 Å². The number of hydrogen-bond donors (Lipinski definition) is 1. The molecule has 0 aliphatic heterocycles. The molecule has 7 heteroatoms. The highest BCUT2D eigenvalue weighted by molar-refractivity contribution is 5.01. The van der Waals surface area contributed by atoms with Crippen molar-refractivity contribution in [1.29, 1.82) is 0 Å². The molecule has 0 amide bonds. The maximum absolute atomic E-state index is 11.2. The number of ether oxygens (including phenoxy) is 4. The average Bonchev–Trinajstić information content (AvgIpc) is 2.39. The average molecular weight is 258 g/mol. The molecule has 1 aromatic rings. The number of nitrogens with zero attached hydrogens (tertiary/aromatic N) is 1. The predicted molar refractivity (Wildman–Crippen MR) is 63.9 cm³/mol. The van der Waals surface area contributed by atoms with Gasteiger partial charge in [-0.05, 0) is 0 Å². The summed E-state index contributed by atoms with van der Waals surface area (Å²) in [6.45, 7) is 2.77. The molecule has 1 heterocycles. The van der Waals surface area contributed by atoms with Gasteiger partial charge < -0.3 is 23.9 Å². The molecular weight excluding hydrogens is 240 g/mol. The first-order chi connectivity index (χ1) is 8.84. The Morgan fingerprint density at radius 1 is 1.11 bits per heavy atom. The van der Waals surface area contributed by atoms with Gasteiger partial charge in [-0.3, -0.25) is 4.79 Å². The Balaban J connectivity index is 1.96. The number of methoxy groups -OCH3 is 1. The lowest BCUT2D eigenvalue weighted by atomic mass is 10.6. The van der Waals surface area contributed by atoms with E-state index in [4.69, 9.17) is 18.9 Å². The predicted octanol–water partition coefficient (Wildman–Crippen LogP) is -0.172. The Morgan fingerprint density at radius 2 is 1.78 bits per heavy atom. The SMILES string of the molecule is COCCOCCOCCOc1ncc[nH]c1=O. The first kappa shape index (κ1) is 14.6. The second kappa shape index (κ2) is 9.58. The van der Waals surface area contributed by atoms with Crippen molar-refractivity contribution in [2.75, 3.05) is 46.8 Å². The zero-order chi connectivity index (χ0) is 13.1. The summed E-state index contributed by atoms with van der Waals surface area (Å²) in [4.78, 5) is 17.4. The van der Waals surface area contributed by atoms with Gasteiger partial charge in [-0.15, -0.1) is 0 Å². The second-order valence-electron chi connectivity index (χ2n) is 3.29. The summed E-state index contributed by atoms with van der Waals surface area (Å²) >= 11 is 0. The van der Waals surface area contributed by atoms with E-state index in [0.29, 0.717) is 33.0 Å². The molecular formula is C11H18N2O5. The second-order valence-corrected chi connectivity index (χ2v) is 3.29. The molecule has 0 aliphatic carbocycles. The topological polar surface area (TPSA) is 82.7 Å². The van der Waals surface area contributed by atoms with Gasteiger partial charge in [-0.1, -0.05) is 0 Å². The van der Waals surface area contributed by atoms with Crippen molar-refractivity contribution in [3.05, 3.63) is 22.7 Å². The van der Waals surface area contributed by atoms with Crippen molar-refractivity contribution in [1.82, 2.24) is 9.97 Å². The number of rotatable bonds is 10. The fraction of sp³-hybridized carbons (Fsp3) is 0.636. The number of H-pyrrole nitrogens is 1. The molecule has 0 aromatic carbocycles. The van der Waals surface area contributed by atoms with E-state index < -0.39 is 0 Å². The van der Waals surface area contributed by atoms with Gasteiger partial charge in [-0.2, -0.15) is 0 Å². The van der Waals surface area contributed by atoms with Crippen LogP contribution in [0.2, 0.25) is 0 Å². The molecule has 0 atom stereocenters. The maximum atomic E-state index is 11.2. The Hall–Kier alpha value is -1.44. The van der Waals surface area contributed by atoms with Crippen LogP contribution in [0, 0.1) is 0 Å². The van der Waals surface area contributed by atoms with Gasteiger partial charge in [0.15, 0.2) is 0 Å². The van der Waals surface area contributed by atoms with Gasteiger partial charge in [0.05, 0.1) is 33.0 Å². The van der Waals surface area contributed by atoms with Gasteiger partial charge in [0.1, 0.15) is 6.61 Å². The minimum Gasteiger partial charge on any atom is -0.471 e. The van der Waals surface area contributed by atoms with Crippen LogP contribution in [-0.4, -0.2) is 56.7 Å². The first-order valence-electron chi connectivity index (χ1n) is 5.65. The molecule has 0 spiro atoms. The monoisotopic (exact) mass is 258 g/mol. The molecule has 18 heavy (non-hydrogen) atoms. The first-order valence-corrected chi connectivity index (χ1v) is 5.65. The molecule has 102 valence electrons. The van der Waals surface area contributed by atoms with Crippen LogP contribution in [0.5, 0.6) is 5.88 Å². The van der Waals surface area contributed by atoms with Crippen LogP contribution in [0.15, 0.2) is 17.2 Å². The number of hydrogen-bond acceptors (Lipinski definition) is 6. The van der Waals surface area contributed by atoms with Gasteiger partial charge in [0, 0.05) is 19.5 Å². The molecule has 0 fully saturated rings. The van der Waals surface area contributed by atoms with Crippen LogP contribution in [0.25, 0.3) is 0 Å². The van der Waals surface area contributed by atoms with Crippen LogP contribution in [0.3, 0.4) is 0 Å². The number of aromatic amines is 1. The number of aromatic nitrogens is 2. The summed E-state index contributed by atoms with van der Waals surface area (Å²) in [5.41, 5.74) is -0.347. The third-order valence-corrected chi connectivity index (χ3v) is 1.95. The Bertz CT molecular complexity index is 368. The van der Waals surface area contributed by atoms with E-state index >= 15 is 0 Å². The molecule has 0 bridgehead atoms. The lowest BCUT2D eigenvalue weighted by Gasteiger charge is -2.06. The third-order valence-electron chi connectivity index (χ3n) is 1.95. The third kappa shape index (κ3) is 6.33. The van der Waals surface area contributed by atoms with Crippen molar-refractivity contribution in [3.8, 4) is 5.88 Å². The van der Waals surface area contributed by atoms with E-state index in [1.807, 2.05) is 0 Å². The molecule has 0 saturated heterocycles. The normalized spacial score (nSPS) is 10.5. The van der Waals surface area contributed by atoms with Crippen molar-refractivity contribution in [2.45, 2.75) is 0 Å². The standard InChI is InChI=1S/C11H18N2O5/c1-15-4-5-16-6-7-17-8-9-18-11-10(14)12-2-3-13-11/h2-3H,4-9H2,1H3,(H,12,14). The largest absolute Gasteiger partial charge is 0.471 e. The van der Waals surface area contributed by atoms with Gasteiger partial charge in [0.2, 0.25) is 0 Å². The summed E-state index contributed by atoms with van der Waals surface area (Å²) in [6.07, 6.45) is 2.91. The van der Waals surface area contributed by atoms with Crippen LogP contribution in [-0.2, 0) is 14.2 Å². The highest BCUT2D eigenvalue weighted by Crippen LogP contribution is 1.92. The molecule has 1 aromatic heterocycles. The minimum atomic E-state index is -0.347. The number of nitrogens with one attached hydrogen (secondary N) is 1. The Kier molecular flexibility index (Phi) is 7.78. The van der Waals surface area contributed by atoms with E-state index in [1.165, 1.54) is 12.4 Å². The molecule has 0 saturated carbocycles. The van der Waals surface area contributed by atoms with Crippen LogP contribution < -0.4 is 10.3 Å². The van der Waals surface area contributed by atoms with Crippen molar-refractivity contribution in [3.63, 3.8) is 0 Å². The summed E-state index contributed by atoms with van der Waals surface area (Å²) < 4.78 is 20.4. The van der Waals surface area contributed by atoms with Gasteiger partial charge in [0.25, 0.3) is 5.88 Å². The van der Waals surface area contributed by atoms with Crippen molar-refractivity contribution in [2.24, 2.45) is 0 Å². The van der Waals surface area contributed by atoms with Crippen LogP contribution in [0.1, 0.15) is 0 Å². The molecule has 0 radical (unpaired) electrons. The lowest BCUT2D eigenvalue weighted by Crippen LogP contribution is -2.17. The summed E-state index contributed by atoms with van der Waals surface area (Å²) in [6, 6.07) is 0. The smallest absolute Gasteiger partial charge is 0.310 e. The fourth-order valence-electron chi connectivity index (χ4n) is 1.10. The van der Waals surface area contributed by atoms with E-state index in [1.54, 1.807) is 7.11 Å². The Labute approximate surface area is 105 Å². The maximum Gasteiger partial charge on any atom is 0.310 e. The highest BCUT2D eigenvalue weighted by Gasteiger charge is 1.99. The van der Waals surface area contributed by atoms with E-state index in [9.17, 15) is 4.79 Å². The fourth-order valence-corrected chi connectivity index (χ4v) is 1.10. The molecule has 1 N–H and O–H groups in total.